The van der Waals surface area contributed by atoms with E-state index in [-0.39, 0.29) is 18.4 Å². The van der Waals surface area contributed by atoms with E-state index in [1.807, 2.05) is 18.2 Å². The number of carbonyl (C=O) groups excluding carboxylic acids is 2. The Morgan fingerprint density at radius 3 is 2.55 bits per heavy atom. The van der Waals surface area contributed by atoms with E-state index < -0.39 is 0 Å². The predicted octanol–water partition coefficient (Wildman–Crippen LogP) is 5.11. The highest BCUT2D eigenvalue weighted by Gasteiger charge is 2.25. The Morgan fingerprint density at radius 2 is 1.82 bits per heavy atom. The van der Waals surface area contributed by atoms with E-state index in [2.05, 4.69) is 24.4 Å². The molecule has 8 nitrogen and oxygen atoms in total. The first-order valence-corrected chi connectivity index (χ1v) is 12.5. The molecule has 3 aromatic carbocycles. The second kappa shape index (κ2) is 12.7. The van der Waals surface area contributed by atoms with Gasteiger partial charge in [-0.05, 0) is 72.5 Å². The Labute approximate surface area is 222 Å². The number of hydrogen-bond acceptors (Lipinski definition) is 6. The maximum atomic E-state index is 12.6. The third-order valence-electron chi connectivity index (χ3n) is 6.13. The van der Waals surface area contributed by atoms with Crippen LogP contribution < -0.4 is 29.2 Å². The number of benzene rings is 3. The maximum Gasteiger partial charge on any atom is 0.265 e. The fraction of sp³-hybridized carbons (Fsp3) is 0.267. The molecular weight excluding hydrogens is 484 g/mol. The molecular formula is C30H32N2O6. The molecule has 8 heteroatoms. The Bertz CT molecular complexity index is 1300. The highest BCUT2D eigenvalue weighted by Crippen LogP contribution is 2.35. The summed E-state index contributed by atoms with van der Waals surface area (Å²) in [6.45, 7) is 3.04. The van der Waals surface area contributed by atoms with Gasteiger partial charge in [0, 0.05) is 18.3 Å². The minimum atomic E-state index is -0.308. The molecule has 38 heavy (non-hydrogen) atoms. The van der Waals surface area contributed by atoms with Crippen LogP contribution in [0.15, 0.2) is 66.7 Å². The molecule has 0 atom stereocenters. The highest BCUT2D eigenvalue weighted by atomic mass is 16.5. The lowest BCUT2D eigenvalue weighted by Crippen LogP contribution is -2.39. The van der Waals surface area contributed by atoms with E-state index >= 15 is 0 Å². The number of carbonyl (C=O) groups is 2. The molecule has 1 N–H and O–H groups in total. The zero-order valence-corrected chi connectivity index (χ0v) is 21.9. The van der Waals surface area contributed by atoms with Gasteiger partial charge in [-0.3, -0.25) is 9.59 Å². The zero-order chi connectivity index (χ0) is 26.9. The van der Waals surface area contributed by atoms with Crippen molar-refractivity contribution in [2.24, 2.45) is 0 Å². The molecule has 1 heterocycles. The van der Waals surface area contributed by atoms with Crippen molar-refractivity contribution in [2.75, 3.05) is 44.2 Å². The fourth-order valence-electron chi connectivity index (χ4n) is 4.07. The number of anilines is 2. The molecule has 4 rings (SSSR count). The SMILES string of the molecule is CCc1ccc(OCCCN2C(=O)COc3ccc(NC(=O)/C=C/c4ccc(OC)c(OC)c4)cc32)cc1. The molecule has 2 amide bonds. The summed E-state index contributed by atoms with van der Waals surface area (Å²) in [5.41, 5.74) is 3.22. The van der Waals surface area contributed by atoms with Gasteiger partial charge in [0.25, 0.3) is 5.91 Å². The van der Waals surface area contributed by atoms with E-state index in [4.69, 9.17) is 18.9 Å². The molecule has 198 valence electrons. The highest BCUT2D eigenvalue weighted by molar-refractivity contribution is 6.03. The lowest BCUT2D eigenvalue weighted by molar-refractivity contribution is -0.121. The van der Waals surface area contributed by atoms with Crippen LogP contribution in [0.1, 0.15) is 24.5 Å². The lowest BCUT2D eigenvalue weighted by atomic mass is 10.1. The molecule has 0 aliphatic carbocycles. The molecule has 0 fully saturated rings. The van der Waals surface area contributed by atoms with Gasteiger partial charge in [0.15, 0.2) is 18.1 Å². The minimum absolute atomic E-state index is 0.0217. The van der Waals surface area contributed by atoms with Crippen molar-refractivity contribution < 1.29 is 28.5 Å². The summed E-state index contributed by atoms with van der Waals surface area (Å²) in [4.78, 5) is 26.9. The summed E-state index contributed by atoms with van der Waals surface area (Å²) in [5.74, 6) is 2.15. The number of aryl methyl sites for hydroxylation is 1. The number of hydrogen-bond donors (Lipinski definition) is 1. The third-order valence-corrected chi connectivity index (χ3v) is 6.13. The Kier molecular flexibility index (Phi) is 8.87. The van der Waals surface area contributed by atoms with E-state index in [1.165, 1.54) is 11.6 Å². The molecule has 0 bridgehead atoms. The molecule has 1 aliphatic rings. The molecule has 0 spiro atoms. The van der Waals surface area contributed by atoms with Crippen LogP contribution in [-0.2, 0) is 16.0 Å². The Balaban J connectivity index is 1.37. The number of rotatable bonds is 11. The summed E-state index contributed by atoms with van der Waals surface area (Å²) in [5, 5.41) is 2.85. The van der Waals surface area contributed by atoms with E-state index in [0.29, 0.717) is 48.2 Å². The fourth-order valence-corrected chi connectivity index (χ4v) is 4.07. The number of ether oxygens (including phenoxy) is 4. The second-order valence-corrected chi connectivity index (χ2v) is 8.65. The van der Waals surface area contributed by atoms with Crippen molar-refractivity contribution in [3.63, 3.8) is 0 Å². The van der Waals surface area contributed by atoms with Crippen LogP contribution in [-0.4, -0.2) is 45.8 Å². The van der Waals surface area contributed by atoms with Gasteiger partial charge in [-0.1, -0.05) is 25.1 Å². The standard InChI is InChI=1S/C30H32N2O6/c1-4-21-6-11-24(12-7-21)37-17-5-16-32-25-19-23(10-14-26(25)38-20-30(32)34)31-29(33)15-9-22-8-13-27(35-2)28(18-22)36-3/h6-15,18-19H,4-5,16-17,20H2,1-3H3,(H,31,33)/b15-9+. The van der Waals surface area contributed by atoms with Crippen LogP contribution in [0.4, 0.5) is 11.4 Å². The minimum Gasteiger partial charge on any atom is -0.494 e. The van der Waals surface area contributed by atoms with Gasteiger partial charge >= 0.3 is 0 Å². The zero-order valence-electron chi connectivity index (χ0n) is 21.9. The van der Waals surface area contributed by atoms with Gasteiger partial charge in [-0.15, -0.1) is 0 Å². The summed E-state index contributed by atoms with van der Waals surface area (Å²) >= 11 is 0. The normalized spacial score (nSPS) is 12.6. The molecule has 3 aromatic rings. The van der Waals surface area contributed by atoms with Gasteiger partial charge in [0.2, 0.25) is 5.91 Å². The summed E-state index contributed by atoms with van der Waals surface area (Å²) < 4.78 is 22.0. The third kappa shape index (κ3) is 6.64. The lowest BCUT2D eigenvalue weighted by Gasteiger charge is -2.29. The van der Waals surface area contributed by atoms with Crippen molar-refractivity contribution in [3.8, 4) is 23.0 Å². The van der Waals surface area contributed by atoms with Crippen LogP contribution in [0.5, 0.6) is 23.0 Å². The molecule has 0 saturated carbocycles. The van der Waals surface area contributed by atoms with E-state index in [1.54, 1.807) is 55.5 Å². The first-order chi connectivity index (χ1) is 18.5. The van der Waals surface area contributed by atoms with Gasteiger partial charge in [-0.2, -0.15) is 0 Å². The van der Waals surface area contributed by atoms with Crippen LogP contribution >= 0.6 is 0 Å². The van der Waals surface area contributed by atoms with Crippen LogP contribution in [0.2, 0.25) is 0 Å². The van der Waals surface area contributed by atoms with Crippen molar-refractivity contribution in [1.82, 2.24) is 0 Å². The van der Waals surface area contributed by atoms with Crippen LogP contribution in [0, 0.1) is 0 Å². The molecule has 0 saturated heterocycles. The number of nitrogens with one attached hydrogen (secondary N) is 1. The van der Waals surface area contributed by atoms with Crippen molar-refractivity contribution in [2.45, 2.75) is 19.8 Å². The van der Waals surface area contributed by atoms with Gasteiger partial charge in [-0.25, -0.2) is 0 Å². The number of nitrogens with zero attached hydrogens (tertiary/aromatic N) is 1. The van der Waals surface area contributed by atoms with E-state index in [9.17, 15) is 9.59 Å². The van der Waals surface area contributed by atoms with E-state index in [0.717, 1.165) is 17.7 Å². The van der Waals surface area contributed by atoms with Gasteiger partial charge in [0.05, 0.1) is 26.5 Å². The van der Waals surface area contributed by atoms with Crippen molar-refractivity contribution in [1.29, 1.82) is 0 Å². The van der Waals surface area contributed by atoms with Crippen molar-refractivity contribution in [3.05, 3.63) is 77.9 Å². The largest absolute Gasteiger partial charge is 0.494 e. The molecule has 0 aromatic heterocycles. The van der Waals surface area contributed by atoms with Gasteiger partial charge < -0.3 is 29.2 Å². The number of methoxy groups -OCH3 is 2. The molecule has 1 aliphatic heterocycles. The van der Waals surface area contributed by atoms with Crippen LogP contribution in [0.25, 0.3) is 6.08 Å². The van der Waals surface area contributed by atoms with Crippen LogP contribution in [0.3, 0.4) is 0 Å². The first kappa shape index (κ1) is 26.6. The molecule has 0 radical (unpaired) electrons. The second-order valence-electron chi connectivity index (χ2n) is 8.65. The number of amides is 2. The average Bonchev–Trinajstić information content (AvgIpc) is 2.95. The smallest absolute Gasteiger partial charge is 0.265 e. The summed E-state index contributed by atoms with van der Waals surface area (Å²) in [6.07, 6.45) is 4.75. The summed E-state index contributed by atoms with van der Waals surface area (Å²) in [7, 11) is 3.13. The maximum absolute atomic E-state index is 12.6. The summed E-state index contributed by atoms with van der Waals surface area (Å²) in [6, 6.07) is 18.7. The quantitative estimate of drug-likeness (QED) is 0.282. The Morgan fingerprint density at radius 1 is 1.03 bits per heavy atom. The average molecular weight is 517 g/mol. The Hall–Kier alpha value is -4.46. The predicted molar refractivity (Wildman–Crippen MR) is 147 cm³/mol. The number of fused-ring (bicyclic) bond motifs is 1. The van der Waals surface area contributed by atoms with Gasteiger partial charge in [0.1, 0.15) is 11.5 Å². The van der Waals surface area contributed by atoms with Crippen molar-refractivity contribution >= 4 is 29.3 Å². The monoisotopic (exact) mass is 516 g/mol. The first-order valence-electron chi connectivity index (χ1n) is 12.5. The molecule has 0 unspecified atom stereocenters. The topological polar surface area (TPSA) is 86.3 Å².